The quantitative estimate of drug-likeness (QED) is 0.161. The third-order valence-corrected chi connectivity index (χ3v) is 12.1. The fourth-order valence-corrected chi connectivity index (χ4v) is 9.20. The van der Waals surface area contributed by atoms with Crippen molar-refractivity contribution in [2.45, 2.75) is 0 Å². The van der Waals surface area contributed by atoms with Crippen molar-refractivity contribution in [1.29, 1.82) is 0 Å². The zero-order valence-electron chi connectivity index (χ0n) is 33.7. The van der Waals surface area contributed by atoms with Crippen LogP contribution in [0.4, 0.5) is 0 Å². The Labute approximate surface area is 359 Å². The topological polar surface area (TPSA) is 35.6 Å². The molecule has 3 aromatic heterocycles. The van der Waals surface area contributed by atoms with Crippen LogP contribution in [0.1, 0.15) is 0 Å². The minimum Gasteiger partial charge on any atom is -0.309 e. The van der Waals surface area contributed by atoms with Gasteiger partial charge in [-0.3, -0.25) is 0 Å². The van der Waals surface area contributed by atoms with Gasteiger partial charge in [-0.05, 0) is 112 Å². The number of aromatic nitrogens is 4. The lowest BCUT2D eigenvalue weighted by atomic mass is 9.93. The molecule has 0 saturated carbocycles. The molecule has 9 aromatic carbocycles. The average molecular weight is 791 g/mol. The maximum atomic E-state index is 5.58. The van der Waals surface area contributed by atoms with Crippen molar-refractivity contribution in [1.82, 2.24) is 19.1 Å². The van der Waals surface area contributed by atoms with Gasteiger partial charge in [-0.1, -0.05) is 152 Å². The van der Waals surface area contributed by atoms with Crippen LogP contribution in [-0.4, -0.2) is 19.1 Å². The van der Waals surface area contributed by atoms with Crippen molar-refractivity contribution in [2.75, 3.05) is 0 Å². The van der Waals surface area contributed by atoms with Gasteiger partial charge in [-0.25, -0.2) is 9.97 Å². The zero-order valence-corrected chi connectivity index (χ0v) is 33.7. The van der Waals surface area contributed by atoms with E-state index in [1.54, 1.807) is 0 Å². The highest BCUT2D eigenvalue weighted by Gasteiger charge is 2.23. The lowest BCUT2D eigenvalue weighted by Gasteiger charge is -2.13. The van der Waals surface area contributed by atoms with Gasteiger partial charge in [0.05, 0.1) is 27.8 Å². The molecule has 0 fully saturated rings. The van der Waals surface area contributed by atoms with E-state index in [2.05, 4.69) is 240 Å². The Morgan fingerprint density at radius 1 is 0.274 bits per heavy atom. The minimum atomic E-state index is 0.685. The van der Waals surface area contributed by atoms with E-state index in [0.29, 0.717) is 5.82 Å². The van der Waals surface area contributed by atoms with E-state index in [1.165, 1.54) is 27.6 Å². The molecule has 4 nitrogen and oxygen atoms in total. The summed E-state index contributed by atoms with van der Waals surface area (Å²) in [5, 5.41) is 3.42. The first-order chi connectivity index (χ1) is 30.7. The van der Waals surface area contributed by atoms with Gasteiger partial charge >= 0.3 is 0 Å². The first-order valence-corrected chi connectivity index (χ1v) is 21.1. The van der Waals surface area contributed by atoms with Crippen LogP contribution >= 0.6 is 0 Å². The average Bonchev–Trinajstić information content (AvgIpc) is 3.87. The van der Waals surface area contributed by atoms with E-state index in [0.717, 1.165) is 77.7 Å². The summed E-state index contributed by atoms with van der Waals surface area (Å²) >= 11 is 0. The number of hydrogen-bond acceptors (Lipinski definition) is 2. The van der Waals surface area contributed by atoms with Crippen LogP contribution in [0.15, 0.2) is 231 Å². The molecule has 0 bridgehead atoms. The fraction of sp³-hybridized carbons (Fsp3) is 0. The molecule has 0 N–H and O–H groups in total. The van der Waals surface area contributed by atoms with Crippen molar-refractivity contribution in [3.8, 4) is 67.4 Å². The Kier molecular flexibility index (Phi) is 8.46. The molecule has 62 heavy (non-hydrogen) atoms. The summed E-state index contributed by atoms with van der Waals surface area (Å²) in [6, 6.07) is 82.1. The maximum absolute atomic E-state index is 5.58. The number of hydrogen-bond donors (Lipinski definition) is 0. The number of nitrogens with zero attached hydrogens (tertiary/aromatic N) is 4. The standard InChI is InChI=1S/C58H38N4/c1-6-18-39(19-7-1)44-34-45(40-20-8-2-9-21-40)36-46(35-44)42-30-32-54-51(37-42)56-57(62(54)48-26-14-5-15-27-48)55(41-22-10-3-11-23-41)59-58(60-56)43-31-33-53-50(38-43)49-28-16-17-29-52(49)61(53)47-24-12-4-13-25-47/h1-38H. The molecule has 0 aliphatic carbocycles. The van der Waals surface area contributed by atoms with Crippen LogP contribution in [0.3, 0.4) is 0 Å². The summed E-state index contributed by atoms with van der Waals surface area (Å²) in [5.41, 5.74) is 17.3. The molecule has 12 rings (SSSR count). The van der Waals surface area contributed by atoms with Crippen molar-refractivity contribution in [3.05, 3.63) is 231 Å². The molecule has 0 aliphatic heterocycles. The maximum Gasteiger partial charge on any atom is 0.160 e. The van der Waals surface area contributed by atoms with Gasteiger partial charge < -0.3 is 9.13 Å². The predicted octanol–water partition coefficient (Wildman–Crippen LogP) is 15.0. The molecule has 0 spiro atoms. The lowest BCUT2D eigenvalue weighted by Crippen LogP contribution is -1.99. The summed E-state index contributed by atoms with van der Waals surface area (Å²) in [7, 11) is 0. The molecule has 0 atom stereocenters. The Hall–Kier alpha value is -8.34. The van der Waals surface area contributed by atoms with Crippen LogP contribution in [0, 0.1) is 0 Å². The summed E-state index contributed by atoms with van der Waals surface area (Å²) in [6.45, 7) is 0. The van der Waals surface area contributed by atoms with Crippen molar-refractivity contribution in [3.63, 3.8) is 0 Å². The highest BCUT2D eigenvalue weighted by molar-refractivity contribution is 6.14. The van der Waals surface area contributed by atoms with Gasteiger partial charge in [0.2, 0.25) is 0 Å². The molecule has 3 heterocycles. The van der Waals surface area contributed by atoms with E-state index in [9.17, 15) is 0 Å². The highest BCUT2D eigenvalue weighted by atomic mass is 15.0. The van der Waals surface area contributed by atoms with Gasteiger partial charge in [0.15, 0.2) is 5.82 Å². The van der Waals surface area contributed by atoms with Gasteiger partial charge in [0.1, 0.15) is 5.52 Å². The van der Waals surface area contributed by atoms with E-state index < -0.39 is 0 Å². The highest BCUT2D eigenvalue weighted by Crippen LogP contribution is 2.42. The molecule has 0 amide bonds. The zero-order chi connectivity index (χ0) is 41.0. The van der Waals surface area contributed by atoms with Gasteiger partial charge in [-0.15, -0.1) is 0 Å². The van der Waals surface area contributed by atoms with Gasteiger partial charge in [-0.2, -0.15) is 0 Å². The van der Waals surface area contributed by atoms with E-state index in [1.807, 2.05) is 0 Å². The molecule has 0 radical (unpaired) electrons. The first-order valence-electron chi connectivity index (χ1n) is 21.1. The number of rotatable bonds is 7. The SMILES string of the molecule is c1ccc(-c2cc(-c3ccccc3)cc(-c3ccc4c(c3)c3nc(-c5ccc6c(c5)c5ccccc5n6-c5ccccc5)nc(-c5ccccc5)c3n4-c3ccccc3)c2)cc1. The van der Waals surface area contributed by atoms with E-state index >= 15 is 0 Å². The molecule has 0 saturated heterocycles. The van der Waals surface area contributed by atoms with Crippen LogP contribution in [0.25, 0.3) is 111 Å². The van der Waals surface area contributed by atoms with Crippen molar-refractivity contribution >= 4 is 43.7 Å². The summed E-state index contributed by atoms with van der Waals surface area (Å²) in [6.07, 6.45) is 0. The molecule has 290 valence electrons. The Morgan fingerprint density at radius 3 is 1.34 bits per heavy atom. The molecular weight excluding hydrogens is 753 g/mol. The lowest BCUT2D eigenvalue weighted by molar-refractivity contribution is 1.15. The molecule has 4 heteroatoms. The van der Waals surface area contributed by atoms with Crippen molar-refractivity contribution < 1.29 is 0 Å². The van der Waals surface area contributed by atoms with E-state index in [-0.39, 0.29) is 0 Å². The molecule has 0 aliphatic rings. The second-order valence-corrected chi connectivity index (χ2v) is 15.8. The van der Waals surface area contributed by atoms with E-state index in [4.69, 9.17) is 9.97 Å². The third-order valence-electron chi connectivity index (χ3n) is 12.1. The summed E-state index contributed by atoms with van der Waals surface area (Å²) < 4.78 is 4.69. The smallest absolute Gasteiger partial charge is 0.160 e. The third kappa shape index (κ3) is 6.00. The number of fused-ring (bicyclic) bond motifs is 6. The Bertz CT molecular complexity index is 3530. The van der Waals surface area contributed by atoms with Crippen molar-refractivity contribution in [2.24, 2.45) is 0 Å². The predicted molar refractivity (Wildman–Crippen MR) is 258 cm³/mol. The number of para-hydroxylation sites is 3. The minimum absolute atomic E-state index is 0.685. The largest absolute Gasteiger partial charge is 0.309 e. The second kappa shape index (κ2) is 14.7. The normalized spacial score (nSPS) is 11.5. The van der Waals surface area contributed by atoms with Crippen LogP contribution in [-0.2, 0) is 0 Å². The molecular formula is C58H38N4. The Balaban J connectivity index is 1.13. The van der Waals surface area contributed by atoms with Crippen LogP contribution < -0.4 is 0 Å². The number of benzene rings is 9. The first kappa shape index (κ1) is 35.6. The van der Waals surface area contributed by atoms with Gasteiger partial charge in [0.25, 0.3) is 0 Å². The van der Waals surface area contributed by atoms with Crippen LogP contribution in [0.5, 0.6) is 0 Å². The fourth-order valence-electron chi connectivity index (χ4n) is 9.20. The second-order valence-electron chi connectivity index (χ2n) is 15.8. The van der Waals surface area contributed by atoms with Gasteiger partial charge in [0, 0.05) is 38.7 Å². The monoisotopic (exact) mass is 790 g/mol. The van der Waals surface area contributed by atoms with Crippen LogP contribution in [0.2, 0.25) is 0 Å². The summed E-state index contributed by atoms with van der Waals surface area (Å²) in [4.78, 5) is 11.1. The summed E-state index contributed by atoms with van der Waals surface area (Å²) in [5.74, 6) is 0.685. The molecule has 0 unspecified atom stereocenters. The Morgan fingerprint density at radius 2 is 0.726 bits per heavy atom. The molecule has 12 aromatic rings.